The molecule has 6 heterocycles. The summed E-state index contributed by atoms with van der Waals surface area (Å²) in [4.78, 5) is 68.9. The summed E-state index contributed by atoms with van der Waals surface area (Å²) in [6, 6.07) is 16.8. The number of pyridine rings is 1. The van der Waals surface area contributed by atoms with Gasteiger partial charge in [-0.25, -0.2) is 19.3 Å². The van der Waals surface area contributed by atoms with Gasteiger partial charge in [0.1, 0.15) is 17.0 Å². The van der Waals surface area contributed by atoms with E-state index in [1.807, 2.05) is 18.2 Å². The predicted molar refractivity (Wildman–Crippen MR) is 210 cm³/mol. The Hall–Kier alpha value is -5.99. The fourth-order valence-corrected chi connectivity index (χ4v) is 8.04. The van der Waals surface area contributed by atoms with Gasteiger partial charge in [-0.15, -0.1) is 6.58 Å². The number of unbranched alkanes of at least 4 members (excludes halogenated alkanes) is 1. The summed E-state index contributed by atoms with van der Waals surface area (Å²) in [5.41, 5.74) is 5.57. The van der Waals surface area contributed by atoms with Crippen LogP contribution in [0.1, 0.15) is 77.8 Å². The summed E-state index contributed by atoms with van der Waals surface area (Å²) in [5, 5.41) is 16.7. The number of aromatic nitrogens is 5. The van der Waals surface area contributed by atoms with Gasteiger partial charge in [0, 0.05) is 43.5 Å². The molecule has 0 spiro atoms. The standard InChI is InChI=1S/C42H45N9O5/c1-4-19-50-40(55)31-23-43-41(47-37(31)51(50)35-13-8-12-34(45-35)42(2,3)56)44-29-15-14-26-18-21-48(24-28(26)22-29)20-6-5-9-27-10-7-11-30-32(27)25-49(39(30)54)33-16-17-36(52)46-38(33)53/h4,7-8,10-15,22-23,33,56H,1,5-6,9,16-21,24-25H2,2-3H3,(H,43,44,47)(H,46,52,53). The number of nitrogens with zero attached hydrogens (tertiary/aromatic N) is 7. The van der Waals surface area contributed by atoms with E-state index in [0.717, 1.165) is 62.1 Å². The molecule has 56 heavy (non-hydrogen) atoms. The van der Waals surface area contributed by atoms with Crippen molar-refractivity contribution in [1.82, 2.24) is 39.4 Å². The molecule has 0 bridgehead atoms. The van der Waals surface area contributed by atoms with Crippen molar-refractivity contribution >= 4 is 40.4 Å². The number of rotatable bonds is 12. The molecule has 3 aliphatic rings. The van der Waals surface area contributed by atoms with E-state index in [2.05, 4.69) is 50.3 Å². The molecule has 0 radical (unpaired) electrons. The van der Waals surface area contributed by atoms with Crippen LogP contribution in [-0.2, 0) is 47.7 Å². The number of piperidine rings is 1. The maximum Gasteiger partial charge on any atom is 0.278 e. The Kier molecular flexibility index (Phi) is 9.85. The number of aryl methyl sites for hydroxylation is 1. The van der Waals surface area contributed by atoms with Crippen LogP contribution in [0.4, 0.5) is 11.6 Å². The van der Waals surface area contributed by atoms with Crippen LogP contribution in [0.25, 0.3) is 16.9 Å². The van der Waals surface area contributed by atoms with E-state index in [0.29, 0.717) is 47.0 Å². The molecule has 5 aromatic rings. The number of nitrogens with one attached hydrogen (secondary N) is 2. The van der Waals surface area contributed by atoms with E-state index < -0.39 is 17.6 Å². The summed E-state index contributed by atoms with van der Waals surface area (Å²) in [6.07, 6.45) is 7.50. The van der Waals surface area contributed by atoms with Gasteiger partial charge in [-0.1, -0.05) is 30.3 Å². The summed E-state index contributed by atoms with van der Waals surface area (Å²) >= 11 is 0. The van der Waals surface area contributed by atoms with Gasteiger partial charge in [0.15, 0.2) is 11.5 Å². The number of anilines is 2. The normalized spacial score (nSPS) is 17.2. The number of carbonyl (C=O) groups excluding carboxylic acids is 3. The van der Waals surface area contributed by atoms with Crippen molar-refractivity contribution in [3.63, 3.8) is 0 Å². The zero-order chi connectivity index (χ0) is 39.1. The minimum atomic E-state index is -1.18. The zero-order valence-electron chi connectivity index (χ0n) is 31.6. The number of carbonyl (C=O) groups is 3. The average molecular weight is 756 g/mol. The number of hydrogen-bond donors (Lipinski definition) is 3. The van der Waals surface area contributed by atoms with Crippen molar-refractivity contribution in [1.29, 1.82) is 0 Å². The number of hydrogen-bond acceptors (Lipinski definition) is 10. The highest BCUT2D eigenvalue weighted by Gasteiger charge is 2.39. The average Bonchev–Trinajstić information content (AvgIpc) is 3.65. The highest BCUT2D eigenvalue weighted by molar-refractivity contribution is 6.05. The maximum absolute atomic E-state index is 13.4. The van der Waals surface area contributed by atoms with E-state index >= 15 is 0 Å². The summed E-state index contributed by atoms with van der Waals surface area (Å²) in [5.74, 6) is -0.0445. The maximum atomic E-state index is 13.4. The van der Waals surface area contributed by atoms with Gasteiger partial charge in [-0.05, 0) is 105 Å². The van der Waals surface area contributed by atoms with Gasteiger partial charge in [-0.2, -0.15) is 4.98 Å². The summed E-state index contributed by atoms with van der Waals surface area (Å²) in [7, 11) is 0. The first-order valence-electron chi connectivity index (χ1n) is 19.1. The van der Waals surface area contributed by atoms with Crippen LogP contribution < -0.4 is 16.2 Å². The lowest BCUT2D eigenvalue weighted by Gasteiger charge is -2.29. The quantitative estimate of drug-likeness (QED) is 0.0951. The summed E-state index contributed by atoms with van der Waals surface area (Å²) < 4.78 is 3.15. The molecular weight excluding hydrogens is 711 g/mol. The second-order valence-corrected chi connectivity index (χ2v) is 15.3. The van der Waals surface area contributed by atoms with Gasteiger partial charge in [0.25, 0.3) is 11.5 Å². The van der Waals surface area contributed by atoms with Crippen molar-refractivity contribution < 1.29 is 19.5 Å². The number of aliphatic hydroxyl groups is 1. The molecule has 14 heteroatoms. The largest absolute Gasteiger partial charge is 0.384 e. The van der Waals surface area contributed by atoms with Gasteiger partial charge < -0.3 is 15.3 Å². The molecule has 3 aromatic heterocycles. The predicted octanol–water partition coefficient (Wildman–Crippen LogP) is 4.28. The monoisotopic (exact) mass is 755 g/mol. The van der Waals surface area contributed by atoms with E-state index in [1.54, 1.807) is 47.7 Å². The van der Waals surface area contributed by atoms with Crippen molar-refractivity contribution in [3.05, 3.63) is 117 Å². The number of amides is 3. The van der Waals surface area contributed by atoms with Crippen LogP contribution in [0.5, 0.6) is 0 Å². The molecule has 3 amide bonds. The molecule has 1 saturated heterocycles. The first-order valence-corrected chi connectivity index (χ1v) is 19.1. The fraction of sp³-hybridized carbons (Fsp3) is 0.357. The van der Waals surface area contributed by atoms with Crippen molar-refractivity contribution in [2.24, 2.45) is 0 Å². The lowest BCUT2D eigenvalue weighted by Crippen LogP contribution is -2.52. The van der Waals surface area contributed by atoms with Crippen LogP contribution in [0.3, 0.4) is 0 Å². The third kappa shape index (κ3) is 7.13. The molecule has 1 unspecified atom stereocenters. The van der Waals surface area contributed by atoms with Crippen molar-refractivity contribution in [3.8, 4) is 5.82 Å². The molecule has 0 saturated carbocycles. The Morgan fingerprint density at radius 3 is 2.64 bits per heavy atom. The molecular formula is C42H45N9O5. The first kappa shape index (κ1) is 37.0. The molecule has 288 valence electrons. The number of benzene rings is 2. The molecule has 1 fully saturated rings. The van der Waals surface area contributed by atoms with Gasteiger partial charge in [0.05, 0.1) is 12.2 Å². The van der Waals surface area contributed by atoms with Crippen LogP contribution >= 0.6 is 0 Å². The Morgan fingerprint density at radius 2 is 1.84 bits per heavy atom. The van der Waals surface area contributed by atoms with Gasteiger partial charge in [-0.3, -0.25) is 29.4 Å². The lowest BCUT2D eigenvalue weighted by molar-refractivity contribution is -0.136. The molecule has 14 nitrogen and oxygen atoms in total. The number of allylic oxidation sites excluding steroid dienone is 1. The minimum Gasteiger partial charge on any atom is -0.384 e. The SMILES string of the molecule is C=CCn1c(=O)c2cnc(Nc3ccc4c(c3)CN(CCCCc3cccc5c3CN(C3CCC(=O)NC3=O)C5=O)CC4)nc2n1-c1cccc(C(C)(C)O)n1. The smallest absolute Gasteiger partial charge is 0.278 e. The second kappa shape index (κ2) is 14.9. The molecule has 3 N–H and O–H groups in total. The Balaban J connectivity index is 0.924. The van der Waals surface area contributed by atoms with Gasteiger partial charge >= 0.3 is 0 Å². The second-order valence-electron chi connectivity index (χ2n) is 15.3. The van der Waals surface area contributed by atoms with E-state index in [-0.39, 0.29) is 30.3 Å². The molecule has 0 aliphatic carbocycles. The molecule has 3 aliphatic heterocycles. The first-order chi connectivity index (χ1) is 27.0. The summed E-state index contributed by atoms with van der Waals surface area (Å²) in [6.45, 7) is 10.5. The minimum absolute atomic E-state index is 0.141. The van der Waals surface area contributed by atoms with Crippen LogP contribution in [0, 0.1) is 0 Å². The van der Waals surface area contributed by atoms with Gasteiger partial charge in [0.2, 0.25) is 17.8 Å². The highest BCUT2D eigenvalue weighted by atomic mass is 16.3. The van der Waals surface area contributed by atoms with Crippen LogP contribution in [-0.4, -0.2) is 76.1 Å². The van der Waals surface area contributed by atoms with Crippen molar-refractivity contribution in [2.75, 3.05) is 18.4 Å². The van der Waals surface area contributed by atoms with E-state index in [4.69, 9.17) is 4.98 Å². The number of imide groups is 1. The topological polar surface area (TPSA) is 168 Å². The fourth-order valence-electron chi connectivity index (χ4n) is 8.04. The highest BCUT2D eigenvalue weighted by Crippen LogP contribution is 2.31. The molecule has 1 atom stereocenters. The molecule has 8 rings (SSSR count). The van der Waals surface area contributed by atoms with E-state index in [9.17, 15) is 24.3 Å². The number of fused-ring (bicyclic) bond motifs is 3. The Bertz CT molecular complexity index is 2450. The molecule has 2 aromatic carbocycles. The van der Waals surface area contributed by atoms with Crippen LogP contribution in [0.15, 0.2) is 78.2 Å². The zero-order valence-corrected chi connectivity index (χ0v) is 31.6. The Labute approximate surface area is 323 Å². The van der Waals surface area contributed by atoms with Crippen LogP contribution in [0.2, 0.25) is 0 Å². The van der Waals surface area contributed by atoms with E-state index in [1.165, 1.54) is 22.0 Å². The third-order valence-corrected chi connectivity index (χ3v) is 11.0. The third-order valence-electron chi connectivity index (χ3n) is 11.0. The Morgan fingerprint density at radius 1 is 1.00 bits per heavy atom. The lowest BCUT2D eigenvalue weighted by atomic mass is 9.97. The van der Waals surface area contributed by atoms with Crippen molar-refractivity contribution in [2.45, 2.75) is 83.6 Å².